The molecular weight excluding hydrogens is 343 g/mol. The molecule has 1 aromatic rings. The van der Waals surface area contributed by atoms with Crippen molar-refractivity contribution in [3.05, 3.63) is 77.9 Å². The summed E-state index contributed by atoms with van der Waals surface area (Å²) in [5, 5.41) is 0. The van der Waals surface area contributed by atoms with Gasteiger partial charge in [0.25, 0.3) is 0 Å². The maximum atomic E-state index is 3.74. The molecular formula is C21H24Zr. The first-order chi connectivity index (χ1) is 10.3. The Morgan fingerprint density at radius 2 is 2.14 bits per heavy atom. The van der Waals surface area contributed by atoms with Crippen LogP contribution in [0.1, 0.15) is 56.1 Å². The van der Waals surface area contributed by atoms with Gasteiger partial charge in [-0.3, -0.25) is 12.2 Å². The maximum absolute atomic E-state index is 3.74. The number of benzene rings is 1. The van der Waals surface area contributed by atoms with Gasteiger partial charge in [0.05, 0.1) is 0 Å². The van der Waals surface area contributed by atoms with Crippen LogP contribution < -0.4 is 0 Å². The molecule has 1 unspecified atom stereocenters. The van der Waals surface area contributed by atoms with Crippen molar-refractivity contribution < 1.29 is 26.2 Å². The van der Waals surface area contributed by atoms with Crippen LogP contribution in [0.3, 0.4) is 0 Å². The van der Waals surface area contributed by atoms with E-state index in [1.165, 1.54) is 36.0 Å². The van der Waals surface area contributed by atoms with Gasteiger partial charge in [0.2, 0.25) is 0 Å². The molecule has 3 rings (SSSR count). The number of fused-ring (bicyclic) bond motifs is 1. The van der Waals surface area contributed by atoms with Crippen LogP contribution in [0.25, 0.3) is 6.08 Å². The van der Waals surface area contributed by atoms with E-state index in [1.807, 2.05) is 6.08 Å². The monoisotopic (exact) mass is 366 g/mol. The van der Waals surface area contributed by atoms with E-state index in [0.29, 0.717) is 5.92 Å². The fraction of sp³-hybridized carbons (Fsp3) is 0.333. The summed E-state index contributed by atoms with van der Waals surface area (Å²) in [6.45, 7) is 5.96. The fourth-order valence-electron chi connectivity index (χ4n) is 2.59. The van der Waals surface area contributed by atoms with Gasteiger partial charge in [0, 0.05) is 0 Å². The number of unbranched alkanes of at least 4 members (excludes halogenated alkanes) is 1. The molecule has 0 radical (unpaired) electrons. The van der Waals surface area contributed by atoms with Crippen LogP contribution in [0.15, 0.2) is 54.6 Å². The zero-order valence-electron chi connectivity index (χ0n) is 13.4. The largest absolute Gasteiger partial charge is 2.00 e. The van der Waals surface area contributed by atoms with E-state index in [4.69, 9.17) is 0 Å². The molecule has 1 atom stereocenters. The van der Waals surface area contributed by atoms with E-state index < -0.39 is 0 Å². The van der Waals surface area contributed by atoms with Gasteiger partial charge < -0.3 is 0 Å². The van der Waals surface area contributed by atoms with Crippen molar-refractivity contribution in [2.75, 3.05) is 0 Å². The van der Waals surface area contributed by atoms with E-state index in [-0.39, 0.29) is 26.2 Å². The summed E-state index contributed by atoms with van der Waals surface area (Å²) in [6.07, 6.45) is 20.9. The normalized spacial score (nSPS) is 17.1. The van der Waals surface area contributed by atoms with E-state index >= 15 is 0 Å². The molecule has 2 aliphatic rings. The maximum Gasteiger partial charge on any atom is 2.00 e. The first kappa shape index (κ1) is 19.1. The van der Waals surface area contributed by atoms with Crippen LogP contribution in [0.5, 0.6) is 0 Å². The molecule has 0 amide bonds. The van der Waals surface area contributed by atoms with Crippen molar-refractivity contribution in [2.24, 2.45) is 0 Å². The molecule has 0 saturated heterocycles. The molecule has 0 N–H and O–H groups in total. The summed E-state index contributed by atoms with van der Waals surface area (Å²) >= 11 is 0. The van der Waals surface area contributed by atoms with Gasteiger partial charge in [-0.25, -0.2) is 17.7 Å². The standard InChI is InChI=1S/C12H11.C9H13.Zr/c1-2-5-10-8-9-11-6-3-4-7-12(10)11;1-2-3-6-9-7-4-5-8-9;/h2-4,6-7,9-10H,1,5H2;4,7H,2-3,5-6H2,1H3;/q2*-1;+2. The predicted molar refractivity (Wildman–Crippen MR) is 91.7 cm³/mol. The first-order valence-corrected chi connectivity index (χ1v) is 7.90. The van der Waals surface area contributed by atoms with Crippen molar-refractivity contribution in [2.45, 2.75) is 44.9 Å². The molecule has 1 aromatic carbocycles. The van der Waals surface area contributed by atoms with Crippen molar-refractivity contribution in [1.82, 2.24) is 0 Å². The van der Waals surface area contributed by atoms with Crippen molar-refractivity contribution in [1.29, 1.82) is 0 Å². The number of allylic oxidation sites excluding steroid dienone is 6. The number of rotatable bonds is 5. The van der Waals surface area contributed by atoms with Crippen LogP contribution in [0, 0.1) is 12.2 Å². The first-order valence-electron chi connectivity index (χ1n) is 7.90. The van der Waals surface area contributed by atoms with E-state index in [9.17, 15) is 0 Å². The van der Waals surface area contributed by atoms with Crippen LogP contribution in [0.4, 0.5) is 0 Å². The van der Waals surface area contributed by atoms with Crippen molar-refractivity contribution in [3.63, 3.8) is 0 Å². The van der Waals surface area contributed by atoms with Crippen molar-refractivity contribution in [3.8, 4) is 0 Å². The Bertz CT molecular complexity index is 549. The quantitative estimate of drug-likeness (QED) is 0.439. The third kappa shape index (κ3) is 5.69. The summed E-state index contributed by atoms with van der Waals surface area (Å²) in [6, 6.07) is 8.44. The van der Waals surface area contributed by atoms with Gasteiger partial charge in [-0.2, -0.15) is 11.6 Å². The third-order valence-electron chi connectivity index (χ3n) is 3.78. The molecule has 0 spiro atoms. The summed E-state index contributed by atoms with van der Waals surface area (Å²) in [5.41, 5.74) is 4.11. The molecule has 0 aromatic heterocycles. The third-order valence-corrected chi connectivity index (χ3v) is 3.78. The minimum atomic E-state index is 0. The average molecular weight is 368 g/mol. The Hall–Kier alpha value is -0.937. The summed E-state index contributed by atoms with van der Waals surface area (Å²) in [5.74, 6) is 0.443. The molecule has 0 aliphatic heterocycles. The predicted octanol–water partition coefficient (Wildman–Crippen LogP) is 6.04. The molecule has 0 saturated carbocycles. The van der Waals surface area contributed by atoms with E-state index in [2.05, 4.69) is 68.1 Å². The van der Waals surface area contributed by atoms with Gasteiger partial charge in [-0.1, -0.05) is 56.4 Å². The number of hydrogen-bond donors (Lipinski definition) is 0. The van der Waals surface area contributed by atoms with Crippen LogP contribution in [-0.2, 0) is 26.2 Å². The minimum absolute atomic E-state index is 0. The van der Waals surface area contributed by atoms with Gasteiger partial charge in [-0.15, -0.1) is 24.6 Å². The Balaban J connectivity index is 0.000000219. The number of hydrogen-bond acceptors (Lipinski definition) is 0. The fourth-order valence-corrected chi connectivity index (χ4v) is 2.59. The topological polar surface area (TPSA) is 0 Å². The Kier molecular flexibility index (Phi) is 9.32. The smallest absolute Gasteiger partial charge is 0.269 e. The molecule has 2 aliphatic carbocycles. The zero-order valence-corrected chi connectivity index (χ0v) is 15.9. The van der Waals surface area contributed by atoms with Gasteiger partial charge in [0.15, 0.2) is 0 Å². The second-order valence-electron chi connectivity index (χ2n) is 5.43. The van der Waals surface area contributed by atoms with Gasteiger partial charge >= 0.3 is 26.2 Å². The molecule has 0 nitrogen and oxygen atoms in total. The van der Waals surface area contributed by atoms with Crippen LogP contribution >= 0.6 is 0 Å². The Morgan fingerprint density at radius 3 is 2.82 bits per heavy atom. The van der Waals surface area contributed by atoms with Gasteiger partial charge in [0.1, 0.15) is 0 Å². The zero-order chi connectivity index (χ0) is 14.9. The molecule has 1 heteroatoms. The summed E-state index contributed by atoms with van der Waals surface area (Å²) in [7, 11) is 0. The SMILES string of the molecule is C=CCC1[C-]=Cc2ccccc21.CCCCC1=[C-]CC=C1.[Zr+2]. The van der Waals surface area contributed by atoms with Crippen LogP contribution in [-0.4, -0.2) is 0 Å². The molecule has 0 heterocycles. The Morgan fingerprint density at radius 1 is 1.32 bits per heavy atom. The van der Waals surface area contributed by atoms with E-state index in [1.54, 1.807) is 0 Å². The minimum Gasteiger partial charge on any atom is -0.269 e. The summed E-state index contributed by atoms with van der Waals surface area (Å²) in [4.78, 5) is 0. The van der Waals surface area contributed by atoms with Crippen LogP contribution in [0.2, 0.25) is 0 Å². The van der Waals surface area contributed by atoms with Crippen molar-refractivity contribution >= 4 is 6.08 Å². The second kappa shape index (κ2) is 10.7. The average Bonchev–Trinajstić information content (AvgIpc) is 3.16. The second-order valence-corrected chi connectivity index (χ2v) is 5.43. The van der Waals surface area contributed by atoms with Gasteiger partial charge in [-0.05, 0) is 6.42 Å². The molecule has 112 valence electrons. The summed E-state index contributed by atoms with van der Waals surface area (Å²) < 4.78 is 0. The Labute approximate surface area is 154 Å². The molecule has 22 heavy (non-hydrogen) atoms. The van der Waals surface area contributed by atoms with E-state index in [0.717, 1.165) is 12.8 Å². The molecule has 0 bridgehead atoms. The molecule has 0 fully saturated rings.